The summed E-state index contributed by atoms with van der Waals surface area (Å²) in [5.74, 6) is 1.33. The Morgan fingerprint density at radius 3 is 2.29 bits per heavy atom. The number of aromatic amines is 1. The van der Waals surface area contributed by atoms with Gasteiger partial charge in [-0.15, -0.1) is 14.9 Å². The van der Waals surface area contributed by atoms with Crippen LogP contribution in [-0.2, 0) is 19.4 Å². The van der Waals surface area contributed by atoms with Gasteiger partial charge in [0.05, 0.1) is 13.0 Å². The second-order valence-corrected chi connectivity index (χ2v) is 9.68. The fourth-order valence-corrected chi connectivity index (χ4v) is 4.39. The molecule has 0 aliphatic carbocycles. The molecule has 0 atom stereocenters. The third kappa shape index (κ3) is 5.51. The molecule has 38 heavy (non-hydrogen) atoms. The standard InChI is InChI=1S/C29H29N7O2/c1-20(2)12-17-26-32-36(27(37)18-21-8-4-3-5-9-21)29(38)35(26)19-22-13-15-23(16-14-22)24-10-6-7-11-25(24)28-30-33-34-31-28/h3-11,13-16,20H,12,17-19H2,1-2H3,(H,30,31,33,34). The van der Waals surface area contributed by atoms with Gasteiger partial charge in [0, 0.05) is 12.0 Å². The monoisotopic (exact) mass is 507 g/mol. The van der Waals surface area contributed by atoms with Crippen LogP contribution in [0.5, 0.6) is 0 Å². The number of rotatable bonds is 9. The summed E-state index contributed by atoms with van der Waals surface area (Å²) in [7, 11) is 0. The van der Waals surface area contributed by atoms with Gasteiger partial charge in [-0.05, 0) is 45.0 Å². The number of hydrogen-bond donors (Lipinski definition) is 1. The largest absolute Gasteiger partial charge is 0.353 e. The number of carbonyl (C=O) groups is 1. The van der Waals surface area contributed by atoms with Crippen molar-refractivity contribution in [3.05, 3.63) is 106 Å². The van der Waals surface area contributed by atoms with E-state index in [1.807, 2.05) is 78.9 Å². The lowest BCUT2D eigenvalue weighted by Crippen LogP contribution is -2.31. The number of nitrogens with zero attached hydrogens (tertiary/aromatic N) is 6. The highest BCUT2D eigenvalue weighted by Crippen LogP contribution is 2.29. The number of carbonyl (C=O) groups excluding carboxylic acids is 1. The predicted molar refractivity (Wildman–Crippen MR) is 145 cm³/mol. The first-order valence-electron chi connectivity index (χ1n) is 12.7. The van der Waals surface area contributed by atoms with Crippen LogP contribution >= 0.6 is 0 Å². The molecule has 2 aromatic heterocycles. The van der Waals surface area contributed by atoms with Crippen LogP contribution in [0.2, 0.25) is 0 Å². The first-order valence-corrected chi connectivity index (χ1v) is 12.7. The summed E-state index contributed by atoms with van der Waals surface area (Å²) in [5, 5.41) is 18.7. The molecule has 5 aromatic rings. The van der Waals surface area contributed by atoms with E-state index in [2.05, 4.69) is 39.6 Å². The highest BCUT2D eigenvalue weighted by Gasteiger charge is 2.19. The molecule has 0 aliphatic rings. The summed E-state index contributed by atoms with van der Waals surface area (Å²) in [6.45, 7) is 4.59. The van der Waals surface area contributed by atoms with Gasteiger partial charge in [-0.2, -0.15) is 0 Å². The molecule has 9 nitrogen and oxygen atoms in total. The lowest BCUT2D eigenvalue weighted by molar-refractivity contribution is 0.0892. The van der Waals surface area contributed by atoms with Crippen LogP contribution in [0.4, 0.5) is 0 Å². The number of tetrazole rings is 1. The van der Waals surface area contributed by atoms with Crippen LogP contribution in [-0.4, -0.2) is 40.9 Å². The van der Waals surface area contributed by atoms with Crippen LogP contribution in [0.15, 0.2) is 83.7 Å². The Balaban J connectivity index is 1.42. The Hall–Kier alpha value is -4.66. The number of nitrogens with one attached hydrogen (secondary N) is 1. The van der Waals surface area contributed by atoms with E-state index in [1.165, 1.54) is 0 Å². The maximum absolute atomic E-state index is 13.4. The van der Waals surface area contributed by atoms with Gasteiger partial charge in [0.2, 0.25) is 0 Å². The summed E-state index contributed by atoms with van der Waals surface area (Å²) in [6, 6.07) is 25.3. The van der Waals surface area contributed by atoms with Gasteiger partial charge in [-0.1, -0.05) is 92.7 Å². The topological polar surface area (TPSA) is 111 Å². The molecule has 1 N–H and O–H groups in total. The fourth-order valence-electron chi connectivity index (χ4n) is 4.39. The zero-order valence-corrected chi connectivity index (χ0v) is 21.4. The molecule has 0 amide bonds. The molecule has 9 heteroatoms. The van der Waals surface area contributed by atoms with E-state index in [9.17, 15) is 9.59 Å². The van der Waals surface area contributed by atoms with Crippen molar-refractivity contribution in [2.45, 2.75) is 39.7 Å². The minimum Gasteiger partial charge on any atom is -0.274 e. The maximum Gasteiger partial charge on any atom is 0.353 e. The van der Waals surface area contributed by atoms with E-state index >= 15 is 0 Å². The number of hydrogen-bond acceptors (Lipinski definition) is 6. The van der Waals surface area contributed by atoms with Crippen LogP contribution in [0, 0.1) is 5.92 Å². The summed E-state index contributed by atoms with van der Waals surface area (Å²) < 4.78 is 2.65. The molecule has 0 bridgehead atoms. The molecule has 0 spiro atoms. The van der Waals surface area contributed by atoms with Gasteiger partial charge in [0.25, 0.3) is 5.91 Å². The minimum atomic E-state index is -0.406. The summed E-state index contributed by atoms with van der Waals surface area (Å²) in [4.78, 5) is 26.3. The number of H-pyrrole nitrogens is 1. The first-order chi connectivity index (χ1) is 18.5. The Morgan fingerprint density at radius 2 is 1.61 bits per heavy atom. The van der Waals surface area contributed by atoms with Crippen molar-refractivity contribution in [1.29, 1.82) is 0 Å². The zero-order valence-electron chi connectivity index (χ0n) is 21.4. The van der Waals surface area contributed by atoms with Crippen LogP contribution in [0.25, 0.3) is 22.5 Å². The van der Waals surface area contributed by atoms with Gasteiger partial charge in [0.15, 0.2) is 5.82 Å². The van der Waals surface area contributed by atoms with Crippen molar-refractivity contribution in [2.24, 2.45) is 5.92 Å². The number of benzene rings is 3. The normalized spacial score (nSPS) is 11.2. The molecule has 0 aliphatic heterocycles. The molecule has 5 rings (SSSR count). The summed E-state index contributed by atoms with van der Waals surface area (Å²) in [5.41, 5.74) is 4.27. The maximum atomic E-state index is 13.4. The van der Waals surface area contributed by atoms with Crippen molar-refractivity contribution in [3.8, 4) is 22.5 Å². The molecule has 192 valence electrons. The molecular formula is C29H29N7O2. The van der Waals surface area contributed by atoms with E-state index in [4.69, 9.17) is 0 Å². The number of aromatic nitrogens is 7. The second kappa shape index (κ2) is 11.2. The van der Waals surface area contributed by atoms with Crippen LogP contribution < -0.4 is 5.69 Å². The van der Waals surface area contributed by atoms with Gasteiger partial charge in [-0.25, -0.2) is 9.89 Å². The van der Waals surface area contributed by atoms with E-state index < -0.39 is 5.69 Å². The van der Waals surface area contributed by atoms with Gasteiger partial charge >= 0.3 is 5.69 Å². The average molecular weight is 508 g/mol. The third-order valence-corrected chi connectivity index (χ3v) is 6.45. The zero-order chi connectivity index (χ0) is 26.5. The van der Waals surface area contributed by atoms with Crippen molar-refractivity contribution >= 4 is 5.91 Å². The smallest absolute Gasteiger partial charge is 0.274 e. The minimum absolute atomic E-state index is 0.121. The lowest BCUT2D eigenvalue weighted by atomic mass is 9.98. The molecule has 0 saturated heterocycles. The average Bonchev–Trinajstić information content (AvgIpc) is 3.57. The first kappa shape index (κ1) is 25.0. The second-order valence-electron chi connectivity index (χ2n) is 9.68. The van der Waals surface area contributed by atoms with Crippen LogP contribution in [0.1, 0.15) is 42.0 Å². The molecule has 0 saturated carbocycles. The van der Waals surface area contributed by atoms with Crippen LogP contribution in [0.3, 0.4) is 0 Å². The Labute approximate surface area is 220 Å². The molecular weight excluding hydrogens is 478 g/mol. The van der Waals surface area contributed by atoms with E-state index in [0.717, 1.165) is 38.9 Å². The third-order valence-electron chi connectivity index (χ3n) is 6.45. The van der Waals surface area contributed by atoms with Crippen molar-refractivity contribution < 1.29 is 4.79 Å². The Morgan fingerprint density at radius 1 is 0.895 bits per heavy atom. The van der Waals surface area contributed by atoms with Crippen molar-refractivity contribution in [3.63, 3.8) is 0 Å². The van der Waals surface area contributed by atoms with Crippen molar-refractivity contribution in [1.82, 2.24) is 35.0 Å². The molecule has 2 heterocycles. The fraction of sp³-hybridized carbons (Fsp3) is 0.241. The van der Waals surface area contributed by atoms with Gasteiger partial charge < -0.3 is 0 Å². The number of aryl methyl sites for hydroxylation is 1. The Kier molecular flexibility index (Phi) is 7.35. The van der Waals surface area contributed by atoms with Gasteiger partial charge in [0.1, 0.15) is 5.82 Å². The molecule has 0 fully saturated rings. The lowest BCUT2D eigenvalue weighted by Gasteiger charge is -2.10. The summed E-state index contributed by atoms with van der Waals surface area (Å²) in [6.07, 6.45) is 1.61. The quantitative estimate of drug-likeness (QED) is 0.316. The van der Waals surface area contributed by atoms with E-state index in [-0.39, 0.29) is 12.3 Å². The molecule has 0 radical (unpaired) electrons. The van der Waals surface area contributed by atoms with Gasteiger partial charge in [-0.3, -0.25) is 9.36 Å². The van der Waals surface area contributed by atoms with E-state index in [1.54, 1.807) is 4.57 Å². The summed E-state index contributed by atoms with van der Waals surface area (Å²) >= 11 is 0. The predicted octanol–water partition coefficient (Wildman–Crippen LogP) is 4.41. The van der Waals surface area contributed by atoms with Crippen molar-refractivity contribution in [2.75, 3.05) is 0 Å². The Bertz CT molecular complexity index is 1570. The SMILES string of the molecule is CC(C)CCc1nn(C(=O)Cc2ccccc2)c(=O)n1Cc1ccc(-c2ccccc2-c2nnn[nH]2)cc1. The highest BCUT2D eigenvalue weighted by molar-refractivity contribution is 5.81. The van der Waals surface area contributed by atoms with E-state index in [0.29, 0.717) is 30.5 Å². The molecule has 3 aromatic carbocycles. The highest BCUT2D eigenvalue weighted by atomic mass is 16.2. The molecule has 0 unspecified atom stereocenters.